The Bertz CT molecular complexity index is 1360. The molecule has 0 aliphatic carbocycles. The smallest absolute Gasteiger partial charge is 0.250 e. The molecule has 1 aliphatic rings. The van der Waals surface area contributed by atoms with Crippen LogP contribution in [0.25, 0.3) is 0 Å². The van der Waals surface area contributed by atoms with Gasteiger partial charge in [-0.05, 0) is 60.7 Å². The lowest BCUT2D eigenvalue weighted by molar-refractivity contribution is -0.121. The summed E-state index contributed by atoms with van der Waals surface area (Å²) in [6.45, 7) is 1.93. The fraction of sp³-hybridized carbons (Fsp3) is 0.345. The third-order valence-electron chi connectivity index (χ3n) is 6.48. The van der Waals surface area contributed by atoms with Gasteiger partial charge in [0.05, 0.1) is 26.5 Å². The van der Waals surface area contributed by atoms with Gasteiger partial charge in [-0.25, -0.2) is 13.1 Å². The first-order valence-electron chi connectivity index (χ1n) is 12.9. The number of methoxy groups -OCH3 is 2. The molecule has 1 saturated heterocycles. The van der Waals surface area contributed by atoms with Crippen molar-refractivity contribution in [2.45, 2.75) is 30.8 Å². The number of ether oxygens (including phenoxy) is 3. The van der Waals surface area contributed by atoms with Gasteiger partial charge < -0.3 is 24.4 Å². The maximum atomic E-state index is 13.5. The maximum absolute atomic E-state index is 13.5. The van der Waals surface area contributed by atoms with Gasteiger partial charge in [0.1, 0.15) is 11.5 Å². The van der Waals surface area contributed by atoms with Gasteiger partial charge in [0.15, 0.2) is 11.5 Å². The van der Waals surface area contributed by atoms with Crippen LogP contribution in [-0.2, 0) is 32.6 Å². The summed E-state index contributed by atoms with van der Waals surface area (Å²) in [4.78, 5) is 14.7. The summed E-state index contributed by atoms with van der Waals surface area (Å²) in [6.07, 6.45) is 2.47. The fourth-order valence-electron chi connectivity index (χ4n) is 4.50. The normalized spacial score (nSPS) is 13.3. The van der Waals surface area contributed by atoms with Crippen LogP contribution < -0.4 is 24.4 Å². The van der Waals surface area contributed by atoms with Gasteiger partial charge >= 0.3 is 0 Å². The van der Waals surface area contributed by atoms with E-state index in [1.165, 1.54) is 6.07 Å². The summed E-state index contributed by atoms with van der Waals surface area (Å²) in [5.74, 6) is 0.844. The number of benzene rings is 3. The zero-order chi connectivity index (χ0) is 27.7. The number of carbonyl (C=O) groups excluding carboxylic acids is 1. The molecule has 0 bridgehead atoms. The van der Waals surface area contributed by atoms with Gasteiger partial charge in [0.25, 0.3) is 0 Å². The van der Waals surface area contributed by atoms with Crippen molar-refractivity contribution in [3.63, 3.8) is 0 Å². The zero-order valence-electron chi connectivity index (χ0n) is 22.3. The first-order valence-corrected chi connectivity index (χ1v) is 14.4. The number of sulfonamides is 1. The van der Waals surface area contributed by atoms with Crippen molar-refractivity contribution in [2.24, 2.45) is 0 Å². The third-order valence-corrected chi connectivity index (χ3v) is 7.97. The van der Waals surface area contributed by atoms with E-state index in [4.69, 9.17) is 14.2 Å². The molecule has 1 amide bonds. The van der Waals surface area contributed by atoms with Gasteiger partial charge in [0.2, 0.25) is 15.9 Å². The van der Waals surface area contributed by atoms with E-state index in [2.05, 4.69) is 14.9 Å². The van der Waals surface area contributed by atoms with Crippen molar-refractivity contribution < 1.29 is 27.4 Å². The Morgan fingerprint density at radius 1 is 0.897 bits per heavy atom. The summed E-state index contributed by atoms with van der Waals surface area (Å²) in [6, 6.07) is 20.1. The molecule has 208 valence electrons. The Balaban J connectivity index is 1.43. The number of amides is 1. The number of hydrogen-bond acceptors (Lipinski definition) is 7. The highest BCUT2D eigenvalue weighted by atomic mass is 32.2. The Morgan fingerprint density at radius 2 is 1.64 bits per heavy atom. The second-order valence-electron chi connectivity index (χ2n) is 9.24. The number of nitrogens with zero attached hydrogens (tertiary/aromatic N) is 1. The van der Waals surface area contributed by atoms with Crippen molar-refractivity contribution in [3.8, 4) is 11.5 Å². The van der Waals surface area contributed by atoms with Crippen LogP contribution in [0.4, 0.5) is 11.4 Å². The lowest BCUT2D eigenvalue weighted by atomic mass is 10.1. The maximum Gasteiger partial charge on any atom is 0.250 e. The summed E-state index contributed by atoms with van der Waals surface area (Å²) in [5.41, 5.74) is 2.90. The van der Waals surface area contributed by atoms with Crippen LogP contribution in [0.1, 0.15) is 24.0 Å². The van der Waals surface area contributed by atoms with E-state index >= 15 is 0 Å². The van der Waals surface area contributed by atoms with Crippen LogP contribution in [0.3, 0.4) is 0 Å². The predicted octanol–water partition coefficient (Wildman–Crippen LogP) is 3.98. The van der Waals surface area contributed by atoms with E-state index in [-0.39, 0.29) is 24.0 Å². The van der Waals surface area contributed by atoms with E-state index in [9.17, 15) is 13.2 Å². The van der Waals surface area contributed by atoms with Crippen LogP contribution in [0.5, 0.6) is 11.5 Å². The molecule has 0 atom stereocenters. The van der Waals surface area contributed by atoms with Crippen molar-refractivity contribution in [2.75, 3.05) is 50.7 Å². The van der Waals surface area contributed by atoms with Crippen molar-refractivity contribution in [1.29, 1.82) is 0 Å². The molecule has 0 saturated carbocycles. The molecule has 0 spiro atoms. The number of carbonyl (C=O) groups is 1. The Hall–Kier alpha value is -3.60. The SMILES string of the molecule is COc1ccc(CCNS(=O)(=O)c2cc(NC(=O)COCc3ccccc3)ccc2N2CCCC2)cc1OC. The van der Waals surface area contributed by atoms with Crippen LogP contribution in [0.15, 0.2) is 71.6 Å². The molecule has 0 unspecified atom stereocenters. The molecule has 10 heteroatoms. The summed E-state index contributed by atoms with van der Waals surface area (Å²) >= 11 is 0. The monoisotopic (exact) mass is 553 g/mol. The van der Waals surface area contributed by atoms with Crippen LogP contribution >= 0.6 is 0 Å². The number of rotatable bonds is 13. The summed E-state index contributed by atoms with van der Waals surface area (Å²) < 4.78 is 45.8. The highest BCUT2D eigenvalue weighted by molar-refractivity contribution is 7.89. The molecular formula is C29H35N3O6S. The standard InChI is InChI=1S/C29H35N3O6S/c1-36-26-13-10-22(18-27(26)37-2)14-15-30-39(34,35)28-19-24(11-12-25(28)32-16-6-7-17-32)31-29(33)21-38-20-23-8-4-3-5-9-23/h3-5,8-13,18-19,30H,6-7,14-17,20-21H2,1-2H3,(H,31,33). The Morgan fingerprint density at radius 3 is 2.36 bits per heavy atom. The molecule has 0 radical (unpaired) electrons. The summed E-state index contributed by atoms with van der Waals surface area (Å²) in [5, 5.41) is 2.76. The largest absolute Gasteiger partial charge is 0.493 e. The Kier molecular flexibility index (Phi) is 9.80. The van der Waals surface area contributed by atoms with Gasteiger partial charge in [-0.2, -0.15) is 0 Å². The topological polar surface area (TPSA) is 106 Å². The molecule has 1 heterocycles. The van der Waals surface area contributed by atoms with Crippen molar-refractivity contribution in [1.82, 2.24) is 4.72 Å². The quantitative estimate of drug-likeness (QED) is 0.330. The average Bonchev–Trinajstić information content (AvgIpc) is 3.48. The van der Waals surface area contributed by atoms with Crippen molar-refractivity contribution >= 4 is 27.3 Å². The molecule has 9 nitrogen and oxygen atoms in total. The van der Waals surface area contributed by atoms with E-state index in [0.717, 1.165) is 37.1 Å². The molecule has 2 N–H and O–H groups in total. The Labute approximate surface area is 230 Å². The van der Waals surface area contributed by atoms with Gasteiger partial charge in [-0.3, -0.25) is 4.79 Å². The molecule has 39 heavy (non-hydrogen) atoms. The van der Waals surface area contributed by atoms with Gasteiger partial charge in [-0.1, -0.05) is 36.4 Å². The zero-order valence-corrected chi connectivity index (χ0v) is 23.1. The molecule has 1 aliphatic heterocycles. The minimum atomic E-state index is -3.87. The summed E-state index contributed by atoms with van der Waals surface area (Å²) in [7, 11) is -0.740. The molecule has 3 aromatic rings. The molecule has 1 fully saturated rings. The van der Waals surface area contributed by atoms with Crippen LogP contribution in [-0.4, -0.2) is 54.8 Å². The van der Waals surface area contributed by atoms with Crippen molar-refractivity contribution in [3.05, 3.63) is 77.9 Å². The second-order valence-corrected chi connectivity index (χ2v) is 11.0. The molecule has 3 aromatic carbocycles. The lowest BCUT2D eigenvalue weighted by Crippen LogP contribution is -2.29. The highest BCUT2D eigenvalue weighted by Gasteiger charge is 2.24. The molecule has 0 aromatic heterocycles. The number of anilines is 2. The lowest BCUT2D eigenvalue weighted by Gasteiger charge is -2.22. The van der Waals surface area contributed by atoms with Gasteiger partial charge in [0, 0.05) is 25.3 Å². The minimum Gasteiger partial charge on any atom is -0.493 e. The van der Waals surface area contributed by atoms with Gasteiger partial charge in [-0.15, -0.1) is 0 Å². The number of nitrogens with one attached hydrogen (secondary N) is 2. The van der Waals surface area contributed by atoms with E-state index < -0.39 is 10.0 Å². The van der Waals surface area contributed by atoms with E-state index in [1.54, 1.807) is 32.4 Å². The highest BCUT2D eigenvalue weighted by Crippen LogP contribution is 2.31. The molecular weight excluding hydrogens is 518 g/mol. The number of hydrogen-bond donors (Lipinski definition) is 2. The first kappa shape index (κ1) is 28.4. The predicted molar refractivity (Wildman–Crippen MR) is 151 cm³/mol. The second kappa shape index (κ2) is 13.5. The van der Waals surface area contributed by atoms with Crippen LogP contribution in [0.2, 0.25) is 0 Å². The fourth-order valence-corrected chi connectivity index (χ4v) is 5.78. The first-order chi connectivity index (χ1) is 18.9. The van der Waals surface area contributed by atoms with E-state index in [1.807, 2.05) is 42.5 Å². The van der Waals surface area contributed by atoms with Crippen LogP contribution in [0, 0.1) is 0 Å². The molecule has 4 rings (SSSR count). The average molecular weight is 554 g/mol. The minimum absolute atomic E-state index is 0.139. The van der Waals surface area contributed by atoms with E-state index in [0.29, 0.717) is 35.9 Å². The third kappa shape index (κ3) is 7.72.